The van der Waals surface area contributed by atoms with E-state index < -0.39 is 0 Å². The van der Waals surface area contributed by atoms with Crippen LogP contribution < -0.4 is 11.3 Å². The monoisotopic (exact) mass is 266 g/mol. The molecule has 100 valence electrons. The highest BCUT2D eigenvalue weighted by Crippen LogP contribution is 2.18. The maximum atomic E-state index is 5.78. The number of hydrogen-bond donors (Lipinski definition) is 2. The maximum Gasteiger partial charge on any atom is 0.0835 e. The second-order valence-corrected chi connectivity index (χ2v) is 5.78. The Bertz CT molecular complexity index is 349. The van der Waals surface area contributed by atoms with Crippen LogP contribution >= 0.6 is 11.8 Å². The Morgan fingerprint density at radius 1 is 1.39 bits per heavy atom. The zero-order valence-corrected chi connectivity index (χ0v) is 11.7. The second-order valence-electron chi connectivity index (χ2n) is 4.63. The summed E-state index contributed by atoms with van der Waals surface area (Å²) < 4.78 is 5.78. The lowest BCUT2D eigenvalue weighted by Gasteiger charge is -2.29. The topological polar surface area (TPSA) is 47.3 Å². The van der Waals surface area contributed by atoms with Crippen LogP contribution in [0.4, 0.5) is 0 Å². The van der Waals surface area contributed by atoms with Gasteiger partial charge in [-0.05, 0) is 24.0 Å². The molecule has 1 aromatic rings. The van der Waals surface area contributed by atoms with E-state index in [1.165, 1.54) is 11.1 Å². The van der Waals surface area contributed by atoms with E-state index in [1.807, 2.05) is 11.8 Å². The van der Waals surface area contributed by atoms with E-state index in [4.69, 9.17) is 10.6 Å². The molecule has 0 bridgehead atoms. The van der Waals surface area contributed by atoms with Gasteiger partial charge >= 0.3 is 0 Å². The van der Waals surface area contributed by atoms with E-state index in [2.05, 4.69) is 36.6 Å². The Kier molecular flexibility index (Phi) is 5.50. The summed E-state index contributed by atoms with van der Waals surface area (Å²) >= 11 is 1.94. The van der Waals surface area contributed by atoms with Crippen LogP contribution in [0.25, 0.3) is 0 Å². The fourth-order valence-electron chi connectivity index (χ4n) is 2.20. The number of aryl methyl sites for hydroxylation is 1. The number of benzene rings is 1. The molecule has 4 heteroatoms. The van der Waals surface area contributed by atoms with Gasteiger partial charge in [0.05, 0.1) is 18.8 Å². The Morgan fingerprint density at radius 3 is 2.67 bits per heavy atom. The van der Waals surface area contributed by atoms with Crippen molar-refractivity contribution < 1.29 is 4.74 Å². The molecular formula is C14H22N2OS. The van der Waals surface area contributed by atoms with E-state index in [9.17, 15) is 0 Å². The van der Waals surface area contributed by atoms with E-state index in [-0.39, 0.29) is 12.1 Å². The van der Waals surface area contributed by atoms with Crippen LogP contribution in [0.15, 0.2) is 24.3 Å². The lowest BCUT2D eigenvalue weighted by atomic mass is 10.0. The molecule has 3 N–H and O–H groups in total. The lowest BCUT2D eigenvalue weighted by Crippen LogP contribution is -2.49. The molecule has 3 nitrogen and oxygen atoms in total. The summed E-state index contributed by atoms with van der Waals surface area (Å²) in [6.07, 6.45) is 2.23. The van der Waals surface area contributed by atoms with Gasteiger partial charge in [-0.25, -0.2) is 0 Å². The molecule has 2 rings (SSSR count). The van der Waals surface area contributed by atoms with Crippen LogP contribution in [0, 0.1) is 0 Å². The first-order chi connectivity index (χ1) is 8.83. The summed E-state index contributed by atoms with van der Waals surface area (Å²) in [7, 11) is 0. The number of hydrazine groups is 1. The van der Waals surface area contributed by atoms with Gasteiger partial charge in [-0.1, -0.05) is 31.2 Å². The maximum absolute atomic E-state index is 5.78. The quantitative estimate of drug-likeness (QED) is 0.630. The number of ether oxygens (including phenoxy) is 1. The van der Waals surface area contributed by atoms with Gasteiger partial charge in [0.25, 0.3) is 0 Å². The first-order valence-electron chi connectivity index (χ1n) is 6.56. The van der Waals surface area contributed by atoms with E-state index in [0.717, 1.165) is 31.0 Å². The first-order valence-corrected chi connectivity index (χ1v) is 7.72. The number of nitrogens with two attached hydrogens (primary N) is 1. The fraction of sp³-hybridized carbons (Fsp3) is 0.571. The van der Waals surface area contributed by atoms with Crippen molar-refractivity contribution in [2.75, 3.05) is 18.1 Å². The van der Waals surface area contributed by atoms with Crippen molar-refractivity contribution in [1.82, 2.24) is 5.43 Å². The van der Waals surface area contributed by atoms with Crippen molar-refractivity contribution in [1.29, 1.82) is 0 Å². The Labute approximate surface area is 113 Å². The highest BCUT2D eigenvalue weighted by Gasteiger charge is 2.24. The minimum atomic E-state index is 0.199. The van der Waals surface area contributed by atoms with Crippen LogP contribution in [-0.2, 0) is 17.6 Å². The highest BCUT2D eigenvalue weighted by atomic mass is 32.2. The Hall–Kier alpha value is -0.550. The Morgan fingerprint density at radius 2 is 2.11 bits per heavy atom. The number of rotatable bonds is 5. The molecule has 1 aliphatic rings. The zero-order chi connectivity index (χ0) is 12.8. The minimum Gasteiger partial charge on any atom is -0.375 e. The Balaban J connectivity index is 1.95. The van der Waals surface area contributed by atoms with Crippen LogP contribution in [0.2, 0.25) is 0 Å². The summed E-state index contributed by atoms with van der Waals surface area (Å²) in [6.45, 7) is 3.01. The third kappa shape index (κ3) is 3.72. The van der Waals surface area contributed by atoms with E-state index in [0.29, 0.717) is 0 Å². The second kappa shape index (κ2) is 7.14. The van der Waals surface area contributed by atoms with Crippen molar-refractivity contribution >= 4 is 11.8 Å². The first kappa shape index (κ1) is 13.9. The molecule has 0 amide bonds. The average molecular weight is 266 g/mol. The molecular weight excluding hydrogens is 244 g/mol. The van der Waals surface area contributed by atoms with Gasteiger partial charge in [0, 0.05) is 11.5 Å². The summed E-state index contributed by atoms with van der Waals surface area (Å²) in [5.74, 6) is 7.79. The van der Waals surface area contributed by atoms with Gasteiger partial charge in [-0.2, -0.15) is 11.8 Å². The van der Waals surface area contributed by atoms with Crippen LogP contribution in [0.5, 0.6) is 0 Å². The fourth-order valence-corrected chi connectivity index (χ4v) is 3.14. The lowest BCUT2D eigenvalue weighted by molar-refractivity contribution is 0.0472. The largest absolute Gasteiger partial charge is 0.375 e. The van der Waals surface area contributed by atoms with Crippen molar-refractivity contribution in [3.63, 3.8) is 0 Å². The van der Waals surface area contributed by atoms with Crippen LogP contribution in [0.3, 0.4) is 0 Å². The van der Waals surface area contributed by atoms with Gasteiger partial charge in [0.15, 0.2) is 0 Å². The standard InChI is InChI=1S/C14H22N2OS/c1-2-11-3-5-12(6-4-11)9-13(16-15)14-10-18-8-7-17-14/h3-6,13-14,16H,2,7-10,15H2,1H3. The van der Waals surface area contributed by atoms with Gasteiger partial charge < -0.3 is 4.74 Å². The number of thioether (sulfide) groups is 1. The minimum absolute atomic E-state index is 0.199. The predicted octanol–water partition coefficient (Wildman–Crippen LogP) is 1.76. The molecule has 0 radical (unpaired) electrons. The van der Waals surface area contributed by atoms with Crippen molar-refractivity contribution in [2.24, 2.45) is 5.84 Å². The van der Waals surface area contributed by atoms with Crippen molar-refractivity contribution in [3.05, 3.63) is 35.4 Å². The molecule has 0 saturated carbocycles. The third-order valence-corrected chi connectivity index (χ3v) is 4.41. The third-order valence-electron chi connectivity index (χ3n) is 3.39. The summed E-state index contributed by atoms with van der Waals surface area (Å²) in [6, 6.07) is 8.97. The smallest absolute Gasteiger partial charge is 0.0835 e. The molecule has 1 aromatic carbocycles. The van der Waals surface area contributed by atoms with E-state index >= 15 is 0 Å². The van der Waals surface area contributed by atoms with Gasteiger partial charge in [-0.3, -0.25) is 11.3 Å². The van der Waals surface area contributed by atoms with E-state index in [1.54, 1.807) is 0 Å². The zero-order valence-electron chi connectivity index (χ0n) is 10.9. The molecule has 1 heterocycles. The highest BCUT2D eigenvalue weighted by molar-refractivity contribution is 7.99. The molecule has 0 spiro atoms. The van der Waals surface area contributed by atoms with Crippen molar-refractivity contribution in [2.45, 2.75) is 31.9 Å². The molecule has 2 atom stereocenters. The average Bonchev–Trinajstić information content (AvgIpc) is 2.46. The molecule has 1 saturated heterocycles. The molecule has 0 aromatic heterocycles. The molecule has 18 heavy (non-hydrogen) atoms. The van der Waals surface area contributed by atoms with Gasteiger partial charge in [-0.15, -0.1) is 0 Å². The SMILES string of the molecule is CCc1ccc(CC(NN)C2CSCCO2)cc1. The van der Waals surface area contributed by atoms with Gasteiger partial charge in [0.2, 0.25) is 0 Å². The predicted molar refractivity (Wildman–Crippen MR) is 77.7 cm³/mol. The van der Waals surface area contributed by atoms with Crippen LogP contribution in [0.1, 0.15) is 18.1 Å². The molecule has 1 fully saturated rings. The number of hydrogen-bond acceptors (Lipinski definition) is 4. The summed E-state index contributed by atoms with van der Waals surface area (Å²) in [5, 5.41) is 0. The molecule has 2 unspecified atom stereocenters. The number of nitrogens with one attached hydrogen (secondary N) is 1. The summed E-state index contributed by atoms with van der Waals surface area (Å²) in [4.78, 5) is 0. The normalized spacial score (nSPS) is 21.8. The molecule has 1 aliphatic heterocycles. The van der Waals surface area contributed by atoms with Crippen LogP contribution in [-0.4, -0.2) is 30.3 Å². The molecule has 0 aliphatic carbocycles. The van der Waals surface area contributed by atoms with Crippen molar-refractivity contribution in [3.8, 4) is 0 Å². The van der Waals surface area contributed by atoms with Gasteiger partial charge in [0.1, 0.15) is 0 Å². The summed E-state index contributed by atoms with van der Waals surface area (Å²) in [5.41, 5.74) is 5.60.